The predicted molar refractivity (Wildman–Crippen MR) is 76.3 cm³/mol. The van der Waals surface area contributed by atoms with Gasteiger partial charge in [0.2, 0.25) is 10.0 Å². The van der Waals surface area contributed by atoms with E-state index >= 15 is 0 Å². The first-order valence-corrected chi connectivity index (χ1v) is 8.31. The number of rotatable bonds is 3. The van der Waals surface area contributed by atoms with Gasteiger partial charge in [0.15, 0.2) is 0 Å². The molecule has 0 unspecified atom stereocenters. The van der Waals surface area contributed by atoms with Crippen LogP contribution in [0.2, 0.25) is 0 Å². The summed E-state index contributed by atoms with van der Waals surface area (Å²) in [5.41, 5.74) is 6.34. The molecule has 2 N–H and O–H groups in total. The van der Waals surface area contributed by atoms with E-state index in [0.717, 1.165) is 25.3 Å². The molecule has 2 rings (SSSR count). The smallest absolute Gasteiger partial charge is 0.243 e. The molecule has 1 aliphatic rings. The normalized spacial score (nSPS) is 22.7. The monoisotopic (exact) mass is 300 g/mol. The van der Waals surface area contributed by atoms with E-state index in [9.17, 15) is 12.8 Å². The van der Waals surface area contributed by atoms with Crippen LogP contribution in [0.15, 0.2) is 23.1 Å². The zero-order valence-corrected chi connectivity index (χ0v) is 12.7. The second-order valence-electron chi connectivity index (χ2n) is 5.45. The molecule has 1 aromatic carbocycles. The first-order chi connectivity index (χ1) is 9.34. The number of aryl methyl sites for hydroxylation is 1. The third kappa shape index (κ3) is 2.87. The van der Waals surface area contributed by atoms with Crippen molar-refractivity contribution >= 4 is 10.0 Å². The highest BCUT2D eigenvalue weighted by Crippen LogP contribution is 2.27. The molecular weight excluding hydrogens is 279 g/mol. The number of nitrogens with two attached hydrogens (primary N) is 1. The van der Waals surface area contributed by atoms with Crippen molar-refractivity contribution in [3.8, 4) is 0 Å². The van der Waals surface area contributed by atoms with E-state index in [-0.39, 0.29) is 17.0 Å². The van der Waals surface area contributed by atoms with Crippen molar-refractivity contribution in [3.05, 3.63) is 29.6 Å². The third-order valence-electron chi connectivity index (χ3n) is 3.86. The Morgan fingerprint density at radius 1 is 1.40 bits per heavy atom. The molecule has 1 saturated heterocycles. The first kappa shape index (κ1) is 15.4. The van der Waals surface area contributed by atoms with E-state index in [1.54, 1.807) is 6.92 Å². The fraction of sp³-hybridized carbons (Fsp3) is 0.571. The minimum Gasteiger partial charge on any atom is -0.326 e. The molecule has 6 heteroatoms. The molecule has 0 spiro atoms. The molecule has 112 valence electrons. The van der Waals surface area contributed by atoms with E-state index in [1.807, 2.05) is 6.92 Å². The molecule has 2 atom stereocenters. The van der Waals surface area contributed by atoms with Gasteiger partial charge in [-0.05, 0) is 44.4 Å². The minimum atomic E-state index is -3.68. The maximum atomic E-state index is 13.6. The number of hydrogen-bond acceptors (Lipinski definition) is 3. The topological polar surface area (TPSA) is 63.4 Å². The van der Waals surface area contributed by atoms with E-state index in [1.165, 1.54) is 16.4 Å². The molecule has 1 fully saturated rings. The summed E-state index contributed by atoms with van der Waals surface area (Å²) >= 11 is 0. The Morgan fingerprint density at radius 3 is 2.70 bits per heavy atom. The van der Waals surface area contributed by atoms with Crippen LogP contribution in [0.3, 0.4) is 0 Å². The zero-order valence-electron chi connectivity index (χ0n) is 11.8. The first-order valence-electron chi connectivity index (χ1n) is 6.87. The molecule has 0 radical (unpaired) electrons. The lowest BCUT2D eigenvalue weighted by atomic mass is 10.00. The molecule has 1 aromatic rings. The van der Waals surface area contributed by atoms with Crippen LogP contribution < -0.4 is 5.73 Å². The highest BCUT2D eigenvalue weighted by molar-refractivity contribution is 7.89. The van der Waals surface area contributed by atoms with Crippen LogP contribution in [0, 0.1) is 12.7 Å². The fourth-order valence-electron chi connectivity index (χ4n) is 2.62. The van der Waals surface area contributed by atoms with E-state index in [0.29, 0.717) is 12.1 Å². The van der Waals surface area contributed by atoms with Crippen molar-refractivity contribution in [3.63, 3.8) is 0 Å². The third-order valence-corrected chi connectivity index (χ3v) is 5.78. The van der Waals surface area contributed by atoms with Gasteiger partial charge in [0.1, 0.15) is 5.82 Å². The Balaban J connectivity index is 2.39. The lowest BCUT2D eigenvalue weighted by molar-refractivity contribution is 0.227. The minimum absolute atomic E-state index is 0.00755. The van der Waals surface area contributed by atoms with Gasteiger partial charge in [-0.1, -0.05) is 12.5 Å². The van der Waals surface area contributed by atoms with Gasteiger partial charge in [-0.3, -0.25) is 0 Å². The number of hydrogen-bond donors (Lipinski definition) is 1. The highest BCUT2D eigenvalue weighted by atomic mass is 32.2. The molecule has 0 aromatic heterocycles. The Labute approximate surface area is 119 Å². The quantitative estimate of drug-likeness (QED) is 0.929. The molecular formula is C14H21FN2O2S. The van der Waals surface area contributed by atoms with Crippen molar-refractivity contribution in [2.45, 2.75) is 50.1 Å². The summed E-state index contributed by atoms with van der Waals surface area (Å²) in [6.45, 7) is 3.87. The van der Waals surface area contributed by atoms with E-state index in [2.05, 4.69) is 0 Å². The molecule has 0 aliphatic carbocycles. The molecule has 1 aliphatic heterocycles. The molecule has 20 heavy (non-hydrogen) atoms. The lowest BCUT2D eigenvalue weighted by Gasteiger charge is -2.36. The molecule has 0 saturated carbocycles. The SMILES string of the molecule is Cc1ccc(S(=O)(=O)N2CCCC[C@@H]2[C@H](C)N)cc1F. The summed E-state index contributed by atoms with van der Waals surface area (Å²) in [7, 11) is -3.68. The van der Waals surface area contributed by atoms with Gasteiger partial charge in [-0.15, -0.1) is 0 Å². The van der Waals surface area contributed by atoms with Crippen molar-refractivity contribution < 1.29 is 12.8 Å². The van der Waals surface area contributed by atoms with Gasteiger partial charge in [0.05, 0.1) is 4.90 Å². The standard InChI is InChI=1S/C14H21FN2O2S/c1-10-6-7-12(9-13(10)15)20(18,19)17-8-4-3-5-14(17)11(2)16/h6-7,9,11,14H,3-5,8,16H2,1-2H3/t11-,14+/m0/s1. The van der Waals surface area contributed by atoms with Crippen molar-refractivity contribution in [1.82, 2.24) is 4.31 Å². The van der Waals surface area contributed by atoms with Crippen molar-refractivity contribution in [2.75, 3.05) is 6.54 Å². The number of nitrogens with zero attached hydrogens (tertiary/aromatic N) is 1. The second kappa shape index (κ2) is 5.79. The maximum absolute atomic E-state index is 13.6. The van der Waals surface area contributed by atoms with Crippen LogP contribution in [-0.4, -0.2) is 31.4 Å². The van der Waals surface area contributed by atoms with Gasteiger partial charge >= 0.3 is 0 Å². The average molecular weight is 300 g/mol. The van der Waals surface area contributed by atoms with Gasteiger partial charge in [-0.2, -0.15) is 4.31 Å². The van der Waals surface area contributed by atoms with Gasteiger partial charge < -0.3 is 5.73 Å². The Bertz CT molecular complexity index is 587. The lowest BCUT2D eigenvalue weighted by Crippen LogP contribution is -2.51. The summed E-state index contributed by atoms with van der Waals surface area (Å²) in [5.74, 6) is -0.500. The average Bonchev–Trinajstić information content (AvgIpc) is 2.41. The largest absolute Gasteiger partial charge is 0.326 e. The predicted octanol–water partition coefficient (Wildman–Crippen LogP) is 2.02. The molecule has 1 heterocycles. The number of sulfonamides is 1. The van der Waals surface area contributed by atoms with Crippen LogP contribution in [-0.2, 0) is 10.0 Å². The molecule has 4 nitrogen and oxygen atoms in total. The summed E-state index contributed by atoms with van der Waals surface area (Å²) < 4.78 is 40.4. The Kier molecular flexibility index (Phi) is 4.46. The maximum Gasteiger partial charge on any atom is 0.243 e. The summed E-state index contributed by atoms with van der Waals surface area (Å²) in [6, 6.07) is 3.60. The van der Waals surface area contributed by atoms with Crippen LogP contribution in [0.5, 0.6) is 0 Å². The van der Waals surface area contributed by atoms with E-state index < -0.39 is 15.8 Å². The van der Waals surface area contributed by atoms with Crippen LogP contribution in [0.25, 0.3) is 0 Å². The highest BCUT2D eigenvalue weighted by Gasteiger charge is 2.35. The van der Waals surface area contributed by atoms with Crippen LogP contribution >= 0.6 is 0 Å². The zero-order chi connectivity index (χ0) is 14.9. The summed E-state index contributed by atoms with van der Waals surface area (Å²) in [4.78, 5) is 0.00755. The molecule has 0 bridgehead atoms. The summed E-state index contributed by atoms with van der Waals surface area (Å²) in [6.07, 6.45) is 2.54. The second-order valence-corrected chi connectivity index (χ2v) is 7.34. The van der Waals surface area contributed by atoms with E-state index in [4.69, 9.17) is 5.73 Å². The Morgan fingerprint density at radius 2 is 2.10 bits per heavy atom. The van der Waals surface area contributed by atoms with Gasteiger partial charge in [0, 0.05) is 18.6 Å². The molecule has 0 amide bonds. The number of piperidine rings is 1. The van der Waals surface area contributed by atoms with Crippen LogP contribution in [0.4, 0.5) is 4.39 Å². The van der Waals surface area contributed by atoms with Crippen LogP contribution in [0.1, 0.15) is 31.7 Å². The van der Waals surface area contributed by atoms with Gasteiger partial charge in [-0.25, -0.2) is 12.8 Å². The van der Waals surface area contributed by atoms with Crippen molar-refractivity contribution in [2.24, 2.45) is 5.73 Å². The fourth-order valence-corrected chi connectivity index (χ4v) is 4.41. The number of halogens is 1. The van der Waals surface area contributed by atoms with Crippen molar-refractivity contribution in [1.29, 1.82) is 0 Å². The number of benzene rings is 1. The van der Waals surface area contributed by atoms with Gasteiger partial charge in [0.25, 0.3) is 0 Å². The summed E-state index contributed by atoms with van der Waals surface area (Å²) in [5, 5.41) is 0. The Hall–Kier alpha value is -0.980.